The highest BCUT2D eigenvalue weighted by molar-refractivity contribution is 5.75. The van der Waals surface area contributed by atoms with E-state index >= 15 is 0 Å². The second-order valence-corrected chi connectivity index (χ2v) is 5.01. The van der Waals surface area contributed by atoms with Gasteiger partial charge in [0, 0.05) is 20.2 Å². The van der Waals surface area contributed by atoms with Gasteiger partial charge in [0.25, 0.3) is 0 Å². The van der Waals surface area contributed by atoms with Crippen molar-refractivity contribution in [3.8, 4) is 5.75 Å². The summed E-state index contributed by atoms with van der Waals surface area (Å²) in [6, 6.07) is 7.82. The average molecular weight is 279 g/mol. The molecule has 1 rings (SSSR count). The molecule has 1 aromatic rings. The Kier molecular flexibility index (Phi) is 7.73. The van der Waals surface area contributed by atoms with Gasteiger partial charge in [-0.2, -0.15) is 0 Å². The van der Waals surface area contributed by atoms with Crippen molar-refractivity contribution in [1.29, 1.82) is 0 Å². The van der Waals surface area contributed by atoms with Crippen LogP contribution in [0.25, 0.3) is 0 Å². The molecule has 0 saturated carbocycles. The van der Waals surface area contributed by atoms with E-state index in [-0.39, 0.29) is 12.5 Å². The summed E-state index contributed by atoms with van der Waals surface area (Å²) in [5, 5.41) is 8.69. The third kappa shape index (κ3) is 6.57. The number of aryl methyl sites for hydroxylation is 1. The van der Waals surface area contributed by atoms with Crippen LogP contribution in [-0.4, -0.2) is 42.7 Å². The number of rotatable bonds is 9. The number of carbonyl (C=O) groups is 1. The van der Waals surface area contributed by atoms with Crippen LogP contribution in [0.3, 0.4) is 0 Å². The van der Waals surface area contributed by atoms with Gasteiger partial charge in [-0.25, -0.2) is 0 Å². The molecule has 0 bridgehead atoms. The molecule has 0 saturated heterocycles. The Morgan fingerprint density at radius 2 is 2.10 bits per heavy atom. The maximum absolute atomic E-state index is 11.9. The number of ether oxygens (including phenoxy) is 1. The minimum Gasteiger partial charge on any atom is -0.493 e. The quantitative estimate of drug-likeness (QED) is 0.706. The van der Waals surface area contributed by atoms with Crippen molar-refractivity contribution >= 4 is 5.91 Å². The van der Waals surface area contributed by atoms with Crippen molar-refractivity contribution in [1.82, 2.24) is 4.90 Å². The highest BCUT2D eigenvalue weighted by Gasteiger charge is 2.08. The predicted molar refractivity (Wildman–Crippen MR) is 79.9 cm³/mol. The van der Waals surface area contributed by atoms with E-state index < -0.39 is 0 Å². The first-order chi connectivity index (χ1) is 9.63. The molecule has 0 unspecified atom stereocenters. The molecule has 1 amide bonds. The van der Waals surface area contributed by atoms with Gasteiger partial charge in [-0.05, 0) is 43.9 Å². The fraction of sp³-hybridized carbons (Fsp3) is 0.562. The SMILES string of the molecule is Cc1cccc(OCCC(=O)N(C)CCCCCO)c1. The Labute approximate surface area is 121 Å². The molecule has 112 valence electrons. The molecule has 1 aromatic carbocycles. The normalized spacial score (nSPS) is 10.3. The Bertz CT molecular complexity index is 406. The Morgan fingerprint density at radius 3 is 2.80 bits per heavy atom. The minimum absolute atomic E-state index is 0.0988. The van der Waals surface area contributed by atoms with Crippen LogP contribution >= 0.6 is 0 Å². The molecule has 0 aliphatic rings. The lowest BCUT2D eigenvalue weighted by Gasteiger charge is -2.17. The van der Waals surface area contributed by atoms with Gasteiger partial charge < -0.3 is 14.7 Å². The average Bonchev–Trinajstić information content (AvgIpc) is 2.43. The molecule has 1 N–H and O–H groups in total. The highest BCUT2D eigenvalue weighted by Crippen LogP contribution is 2.12. The Morgan fingerprint density at radius 1 is 1.30 bits per heavy atom. The predicted octanol–water partition coefficient (Wildman–Crippen LogP) is 2.38. The van der Waals surface area contributed by atoms with Gasteiger partial charge in [-0.1, -0.05) is 12.1 Å². The number of amides is 1. The highest BCUT2D eigenvalue weighted by atomic mass is 16.5. The number of hydrogen-bond donors (Lipinski definition) is 1. The number of aliphatic hydroxyl groups excluding tert-OH is 1. The summed E-state index contributed by atoms with van der Waals surface area (Å²) in [4.78, 5) is 13.6. The number of carbonyl (C=O) groups excluding carboxylic acids is 1. The first kappa shape index (κ1) is 16.5. The molecule has 0 fully saturated rings. The molecule has 0 aromatic heterocycles. The second kappa shape index (κ2) is 9.37. The van der Waals surface area contributed by atoms with Crippen LogP contribution in [0.4, 0.5) is 0 Å². The van der Waals surface area contributed by atoms with Gasteiger partial charge >= 0.3 is 0 Å². The maximum atomic E-state index is 11.9. The first-order valence-corrected chi connectivity index (χ1v) is 7.18. The lowest BCUT2D eigenvalue weighted by molar-refractivity contribution is -0.130. The Balaban J connectivity index is 2.19. The van der Waals surface area contributed by atoms with E-state index in [2.05, 4.69) is 0 Å². The van der Waals surface area contributed by atoms with Gasteiger partial charge in [0.15, 0.2) is 0 Å². The van der Waals surface area contributed by atoms with E-state index in [4.69, 9.17) is 9.84 Å². The summed E-state index contributed by atoms with van der Waals surface area (Å²) in [7, 11) is 1.81. The number of benzene rings is 1. The zero-order valence-corrected chi connectivity index (χ0v) is 12.5. The summed E-state index contributed by atoms with van der Waals surface area (Å²) >= 11 is 0. The molecular weight excluding hydrogens is 254 g/mol. The Hall–Kier alpha value is -1.55. The van der Waals surface area contributed by atoms with Gasteiger partial charge in [0.2, 0.25) is 5.91 Å². The van der Waals surface area contributed by atoms with Gasteiger partial charge in [-0.15, -0.1) is 0 Å². The molecule has 0 radical (unpaired) electrons. The van der Waals surface area contributed by atoms with Gasteiger partial charge in [0.1, 0.15) is 5.75 Å². The monoisotopic (exact) mass is 279 g/mol. The zero-order chi connectivity index (χ0) is 14.8. The van der Waals surface area contributed by atoms with E-state index in [0.29, 0.717) is 13.0 Å². The van der Waals surface area contributed by atoms with E-state index in [1.807, 2.05) is 38.2 Å². The van der Waals surface area contributed by atoms with E-state index in [9.17, 15) is 4.79 Å². The van der Waals surface area contributed by atoms with Crippen LogP contribution in [0, 0.1) is 6.92 Å². The third-order valence-electron chi connectivity index (χ3n) is 3.15. The van der Waals surface area contributed by atoms with Crippen molar-refractivity contribution in [3.05, 3.63) is 29.8 Å². The van der Waals surface area contributed by atoms with Crippen molar-refractivity contribution in [2.75, 3.05) is 26.8 Å². The second-order valence-electron chi connectivity index (χ2n) is 5.01. The standard InChI is InChI=1S/C16H25NO3/c1-14-7-6-8-15(13-14)20-12-9-16(19)17(2)10-4-3-5-11-18/h6-8,13,18H,3-5,9-12H2,1-2H3. The summed E-state index contributed by atoms with van der Waals surface area (Å²) in [6.07, 6.45) is 3.08. The zero-order valence-electron chi connectivity index (χ0n) is 12.5. The van der Waals surface area contributed by atoms with E-state index in [0.717, 1.165) is 37.1 Å². The molecule has 4 nitrogen and oxygen atoms in total. The first-order valence-electron chi connectivity index (χ1n) is 7.18. The van der Waals surface area contributed by atoms with E-state index in [1.165, 1.54) is 0 Å². The van der Waals surface area contributed by atoms with Crippen molar-refractivity contribution < 1.29 is 14.6 Å². The summed E-state index contributed by atoms with van der Waals surface area (Å²) < 4.78 is 5.57. The number of aliphatic hydroxyl groups is 1. The van der Waals surface area contributed by atoms with Crippen LogP contribution in [0.15, 0.2) is 24.3 Å². The topological polar surface area (TPSA) is 49.8 Å². The van der Waals surface area contributed by atoms with Crippen molar-refractivity contribution in [2.24, 2.45) is 0 Å². The summed E-state index contributed by atoms with van der Waals surface area (Å²) in [5.74, 6) is 0.907. The maximum Gasteiger partial charge on any atom is 0.225 e. The van der Waals surface area contributed by atoms with Crippen LogP contribution in [0.5, 0.6) is 5.75 Å². The van der Waals surface area contributed by atoms with Crippen LogP contribution < -0.4 is 4.74 Å². The van der Waals surface area contributed by atoms with Crippen LogP contribution in [0.2, 0.25) is 0 Å². The molecular formula is C16H25NO3. The van der Waals surface area contributed by atoms with Crippen molar-refractivity contribution in [2.45, 2.75) is 32.6 Å². The molecule has 0 aliphatic carbocycles. The molecule has 0 atom stereocenters. The van der Waals surface area contributed by atoms with Gasteiger partial charge in [-0.3, -0.25) is 4.79 Å². The lowest BCUT2D eigenvalue weighted by Crippen LogP contribution is -2.28. The number of hydrogen-bond acceptors (Lipinski definition) is 3. The molecule has 0 aliphatic heterocycles. The largest absolute Gasteiger partial charge is 0.493 e. The molecule has 20 heavy (non-hydrogen) atoms. The smallest absolute Gasteiger partial charge is 0.225 e. The fourth-order valence-electron chi connectivity index (χ4n) is 1.91. The summed E-state index contributed by atoms with van der Waals surface area (Å²) in [5.41, 5.74) is 1.15. The summed E-state index contributed by atoms with van der Waals surface area (Å²) in [6.45, 7) is 3.38. The van der Waals surface area contributed by atoms with Crippen molar-refractivity contribution in [3.63, 3.8) is 0 Å². The number of unbranched alkanes of at least 4 members (excludes halogenated alkanes) is 2. The molecule has 4 heteroatoms. The molecule has 0 spiro atoms. The molecule has 0 heterocycles. The fourth-order valence-corrected chi connectivity index (χ4v) is 1.91. The van der Waals surface area contributed by atoms with Gasteiger partial charge in [0.05, 0.1) is 13.0 Å². The number of nitrogens with zero attached hydrogens (tertiary/aromatic N) is 1. The third-order valence-corrected chi connectivity index (χ3v) is 3.15. The van der Waals surface area contributed by atoms with Crippen LogP contribution in [-0.2, 0) is 4.79 Å². The minimum atomic E-state index is 0.0988. The lowest BCUT2D eigenvalue weighted by atomic mass is 10.2. The van der Waals surface area contributed by atoms with Crippen LogP contribution in [0.1, 0.15) is 31.2 Å². The van der Waals surface area contributed by atoms with E-state index in [1.54, 1.807) is 4.90 Å².